The molecule has 68 valence electrons. The predicted octanol–water partition coefficient (Wildman–Crippen LogP) is 2.96. The summed E-state index contributed by atoms with van der Waals surface area (Å²) < 4.78 is 0.636. The SMILES string of the molecule is CC(=O)c1c(C=O)ccc(Cl)c1I. The molecule has 1 aromatic carbocycles. The molecule has 4 heteroatoms. The van der Waals surface area contributed by atoms with Gasteiger partial charge in [0.2, 0.25) is 0 Å². The Bertz CT molecular complexity index is 374. The molecule has 0 unspecified atom stereocenters. The van der Waals surface area contributed by atoms with Gasteiger partial charge in [-0.2, -0.15) is 0 Å². The Hall–Kier alpha value is -0.420. The van der Waals surface area contributed by atoms with Gasteiger partial charge in [0, 0.05) is 14.7 Å². The molecule has 0 saturated heterocycles. The van der Waals surface area contributed by atoms with E-state index in [1.165, 1.54) is 6.92 Å². The molecule has 0 saturated carbocycles. The summed E-state index contributed by atoms with van der Waals surface area (Å²) in [5, 5.41) is 0.497. The monoisotopic (exact) mass is 308 g/mol. The van der Waals surface area contributed by atoms with Crippen molar-refractivity contribution in [3.63, 3.8) is 0 Å². The highest BCUT2D eigenvalue weighted by Gasteiger charge is 2.13. The van der Waals surface area contributed by atoms with Crippen LogP contribution in [0.2, 0.25) is 5.02 Å². The molecule has 0 radical (unpaired) electrons. The van der Waals surface area contributed by atoms with Crippen LogP contribution in [0, 0.1) is 3.57 Å². The number of rotatable bonds is 2. The minimum atomic E-state index is -0.144. The third-order valence-electron chi connectivity index (χ3n) is 1.61. The highest BCUT2D eigenvalue weighted by molar-refractivity contribution is 14.1. The van der Waals surface area contributed by atoms with Crippen molar-refractivity contribution in [3.05, 3.63) is 31.9 Å². The van der Waals surface area contributed by atoms with Gasteiger partial charge in [-0.05, 0) is 41.6 Å². The van der Waals surface area contributed by atoms with Gasteiger partial charge in [-0.15, -0.1) is 0 Å². The van der Waals surface area contributed by atoms with E-state index in [2.05, 4.69) is 0 Å². The predicted molar refractivity (Wildman–Crippen MR) is 59.6 cm³/mol. The molecule has 0 heterocycles. The Balaban J connectivity index is 3.50. The normalized spacial score (nSPS) is 9.77. The molecular formula is C9H6ClIO2. The van der Waals surface area contributed by atoms with Crippen LogP contribution in [0.5, 0.6) is 0 Å². The number of halogens is 2. The first-order chi connectivity index (χ1) is 6.07. The van der Waals surface area contributed by atoms with Gasteiger partial charge in [-0.25, -0.2) is 0 Å². The molecule has 0 aliphatic rings. The fourth-order valence-corrected chi connectivity index (χ4v) is 2.05. The molecule has 1 aromatic rings. The van der Waals surface area contributed by atoms with Gasteiger partial charge in [0.15, 0.2) is 12.1 Å². The summed E-state index contributed by atoms with van der Waals surface area (Å²) in [6, 6.07) is 3.16. The Morgan fingerprint density at radius 2 is 2.15 bits per heavy atom. The number of hydrogen-bond donors (Lipinski definition) is 0. The zero-order chi connectivity index (χ0) is 10.0. The lowest BCUT2D eigenvalue weighted by Crippen LogP contribution is -2.02. The third-order valence-corrected chi connectivity index (χ3v) is 3.36. The van der Waals surface area contributed by atoms with E-state index in [1.807, 2.05) is 22.6 Å². The Labute approximate surface area is 94.4 Å². The summed E-state index contributed by atoms with van der Waals surface area (Å²) in [4.78, 5) is 21.8. The zero-order valence-corrected chi connectivity index (χ0v) is 9.72. The van der Waals surface area contributed by atoms with Gasteiger partial charge in [0.05, 0.1) is 5.02 Å². The van der Waals surface area contributed by atoms with E-state index in [4.69, 9.17) is 11.6 Å². The Kier molecular flexibility index (Phi) is 3.44. The van der Waals surface area contributed by atoms with Crippen LogP contribution in [0.3, 0.4) is 0 Å². The molecular weight excluding hydrogens is 302 g/mol. The highest BCUT2D eigenvalue weighted by Crippen LogP contribution is 2.24. The Morgan fingerprint density at radius 1 is 1.54 bits per heavy atom. The van der Waals surface area contributed by atoms with Crippen LogP contribution >= 0.6 is 34.2 Å². The first-order valence-electron chi connectivity index (χ1n) is 3.52. The van der Waals surface area contributed by atoms with E-state index in [-0.39, 0.29) is 5.78 Å². The molecule has 0 aliphatic heterocycles. The maximum Gasteiger partial charge on any atom is 0.161 e. The summed E-state index contributed by atoms with van der Waals surface area (Å²) in [5.74, 6) is -0.144. The second-order valence-corrected chi connectivity index (χ2v) is 3.99. The van der Waals surface area contributed by atoms with Crippen LogP contribution in [-0.4, -0.2) is 12.1 Å². The lowest BCUT2D eigenvalue weighted by atomic mass is 10.1. The third kappa shape index (κ3) is 2.08. The van der Waals surface area contributed by atoms with Gasteiger partial charge in [0.1, 0.15) is 0 Å². The van der Waals surface area contributed by atoms with Crippen molar-refractivity contribution in [1.82, 2.24) is 0 Å². The van der Waals surface area contributed by atoms with Crippen molar-refractivity contribution < 1.29 is 9.59 Å². The molecule has 0 aromatic heterocycles. The van der Waals surface area contributed by atoms with Crippen LogP contribution in [0.25, 0.3) is 0 Å². The van der Waals surface area contributed by atoms with Crippen LogP contribution in [0.4, 0.5) is 0 Å². The van der Waals surface area contributed by atoms with E-state index in [1.54, 1.807) is 12.1 Å². The van der Waals surface area contributed by atoms with Gasteiger partial charge < -0.3 is 0 Å². The van der Waals surface area contributed by atoms with Crippen LogP contribution in [0.1, 0.15) is 27.6 Å². The van der Waals surface area contributed by atoms with E-state index in [0.29, 0.717) is 26.0 Å². The number of carbonyl (C=O) groups is 2. The number of ketones is 1. The molecule has 2 nitrogen and oxygen atoms in total. The molecule has 0 amide bonds. The maximum atomic E-state index is 11.2. The summed E-state index contributed by atoms with van der Waals surface area (Å²) in [5.41, 5.74) is 0.796. The summed E-state index contributed by atoms with van der Waals surface area (Å²) >= 11 is 7.77. The fourth-order valence-electron chi connectivity index (χ4n) is 1.02. The Morgan fingerprint density at radius 3 is 2.62 bits per heavy atom. The van der Waals surface area contributed by atoms with Crippen molar-refractivity contribution in [2.45, 2.75) is 6.92 Å². The second-order valence-electron chi connectivity index (χ2n) is 2.50. The number of benzene rings is 1. The van der Waals surface area contributed by atoms with Crippen molar-refractivity contribution in [2.75, 3.05) is 0 Å². The van der Waals surface area contributed by atoms with Gasteiger partial charge >= 0.3 is 0 Å². The average molecular weight is 309 g/mol. The van der Waals surface area contributed by atoms with Crippen LogP contribution in [-0.2, 0) is 0 Å². The lowest BCUT2D eigenvalue weighted by Gasteiger charge is -2.04. The van der Waals surface area contributed by atoms with E-state index in [9.17, 15) is 9.59 Å². The van der Waals surface area contributed by atoms with Crippen molar-refractivity contribution in [3.8, 4) is 0 Å². The van der Waals surface area contributed by atoms with Crippen molar-refractivity contribution in [1.29, 1.82) is 0 Å². The molecule has 0 bridgehead atoms. The van der Waals surface area contributed by atoms with Crippen molar-refractivity contribution >= 4 is 46.3 Å². The largest absolute Gasteiger partial charge is 0.298 e. The zero-order valence-electron chi connectivity index (χ0n) is 6.80. The van der Waals surface area contributed by atoms with E-state index >= 15 is 0 Å². The molecule has 0 fully saturated rings. The number of aldehydes is 1. The van der Waals surface area contributed by atoms with Gasteiger partial charge in [-0.3, -0.25) is 9.59 Å². The molecule has 1 rings (SSSR count). The van der Waals surface area contributed by atoms with E-state index in [0.717, 1.165) is 0 Å². The van der Waals surface area contributed by atoms with Crippen LogP contribution < -0.4 is 0 Å². The van der Waals surface area contributed by atoms with Crippen molar-refractivity contribution in [2.24, 2.45) is 0 Å². The molecule has 0 N–H and O–H groups in total. The summed E-state index contributed by atoms with van der Waals surface area (Å²) in [6.45, 7) is 1.42. The topological polar surface area (TPSA) is 34.1 Å². The minimum Gasteiger partial charge on any atom is -0.298 e. The molecule has 0 atom stereocenters. The van der Waals surface area contributed by atoms with Crippen LogP contribution in [0.15, 0.2) is 12.1 Å². The summed E-state index contributed by atoms with van der Waals surface area (Å²) in [6.07, 6.45) is 0.662. The number of carbonyl (C=O) groups excluding carboxylic acids is 2. The van der Waals surface area contributed by atoms with Gasteiger partial charge in [-0.1, -0.05) is 11.6 Å². The highest BCUT2D eigenvalue weighted by atomic mass is 127. The van der Waals surface area contributed by atoms with E-state index < -0.39 is 0 Å². The standard InChI is InChI=1S/C9H6ClIO2/c1-5(13)8-6(4-12)2-3-7(10)9(8)11/h2-4H,1H3. The minimum absolute atomic E-state index is 0.144. The first-order valence-corrected chi connectivity index (χ1v) is 4.97. The average Bonchev–Trinajstić information content (AvgIpc) is 2.08. The fraction of sp³-hybridized carbons (Fsp3) is 0.111. The number of hydrogen-bond acceptors (Lipinski definition) is 2. The molecule has 0 spiro atoms. The lowest BCUT2D eigenvalue weighted by molar-refractivity contribution is 0.100. The number of Topliss-reactive ketones (excluding diaryl/α,β-unsaturated/α-hetero) is 1. The first kappa shape index (κ1) is 10.7. The summed E-state index contributed by atoms with van der Waals surface area (Å²) in [7, 11) is 0. The smallest absolute Gasteiger partial charge is 0.161 e. The molecule has 0 aliphatic carbocycles. The second kappa shape index (κ2) is 4.19. The molecule has 13 heavy (non-hydrogen) atoms. The quantitative estimate of drug-likeness (QED) is 0.478. The van der Waals surface area contributed by atoms with Gasteiger partial charge in [0.25, 0.3) is 0 Å². The maximum absolute atomic E-state index is 11.2.